The SMILES string of the molecule is CNC(=O)NCc1nnc2c(-c3nc(C)no3)cccn12. The lowest BCUT2D eigenvalue weighted by atomic mass is 10.2. The van der Waals surface area contributed by atoms with Crippen LogP contribution in [0.15, 0.2) is 22.9 Å². The average molecular weight is 287 g/mol. The molecule has 0 aromatic carbocycles. The highest BCUT2D eigenvalue weighted by molar-refractivity contribution is 5.73. The summed E-state index contributed by atoms with van der Waals surface area (Å²) in [4.78, 5) is 15.4. The van der Waals surface area contributed by atoms with Crippen molar-refractivity contribution in [2.24, 2.45) is 0 Å². The molecule has 0 aliphatic heterocycles. The van der Waals surface area contributed by atoms with Crippen LogP contribution in [0, 0.1) is 6.92 Å². The topological polar surface area (TPSA) is 110 Å². The normalized spacial score (nSPS) is 10.8. The second kappa shape index (κ2) is 5.19. The van der Waals surface area contributed by atoms with Gasteiger partial charge in [-0.2, -0.15) is 4.98 Å². The monoisotopic (exact) mass is 287 g/mol. The first-order valence-electron chi connectivity index (χ1n) is 6.28. The molecule has 0 unspecified atom stereocenters. The molecule has 0 aliphatic carbocycles. The maximum Gasteiger partial charge on any atom is 0.314 e. The summed E-state index contributed by atoms with van der Waals surface area (Å²) in [5.74, 6) is 1.54. The molecule has 9 heteroatoms. The Morgan fingerprint density at radius 1 is 1.43 bits per heavy atom. The Morgan fingerprint density at radius 2 is 2.29 bits per heavy atom. The van der Waals surface area contributed by atoms with E-state index < -0.39 is 0 Å². The third-order valence-electron chi connectivity index (χ3n) is 2.90. The summed E-state index contributed by atoms with van der Waals surface area (Å²) in [6, 6.07) is 3.37. The first kappa shape index (κ1) is 13.0. The molecule has 3 heterocycles. The van der Waals surface area contributed by atoms with Gasteiger partial charge >= 0.3 is 6.03 Å². The highest BCUT2D eigenvalue weighted by Gasteiger charge is 2.15. The number of nitrogens with zero attached hydrogens (tertiary/aromatic N) is 5. The van der Waals surface area contributed by atoms with E-state index in [1.165, 1.54) is 0 Å². The zero-order valence-electron chi connectivity index (χ0n) is 11.5. The van der Waals surface area contributed by atoms with Crippen molar-refractivity contribution >= 4 is 11.7 Å². The van der Waals surface area contributed by atoms with E-state index in [0.29, 0.717) is 28.8 Å². The minimum Gasteiger partial charge on any atom is -0.341 e. The summed E-state index contributed by atoms with van der Waals surface area (Å²) < 4.78 is 6.93. The van der Waals surface area contributed by atoms with E-state index in [4.69, 9.17) is 4.52 Å². The van der Waals surface area contributed by atoms with Gasteiger partial charge in [0.15, 0.2) is 17.3 Å². The van der Waals surface area contributed by atoms with Crippen LogP contribution in [0.3, 0.4) is 0 Å². The number of aromatic nitrogens is 5. The van der Waals surface area contributed by atoms with E-state index in [-0.39, 0.29) is 12.6 Å². The molecule has 0 saturated heterocycles. The Labute approximate surface area is 119 Å². The fraction of sp³-hybridized carbons (Fsp3) is 0.250. The average Bonchev–Trinajstić information content (AvgIpc) is 3.10. The first-order chi connectivity index (χ1) is 10.2. The number of aryl methyl sites for hydroxylation is 1. The summed E-state index contributed by atoms with van der Waals surface area (Å²) in [5.41, 5.74) is 1.28. The fourth-order valence-electron chi connectivity index (χ4n) is 1.91. The lowest BCUT2D eigenvalue weighted by Gasteiger charge is -2.03. The molecule has 0 aliphatic rings. The van der Waals surface area contributed by atoms with Gasteiger partial charge < -0.3 is 15.2 Å². The quantitative estimate of drug-likeness (QED) is 0.726. The van der Waals surface area contributed by atoms with E-state index >= 15 is 0 Å². The first-order valence-corrected chi connectivity index (χ1v) is 6.28. The number of hydrogen-bond donors (Lipinski definition) is 2. The third kappa shape index (κ3) is 2.40. The maximum atomic E-state index is 11.2. The second-order valence-corrected chi connectivity index (χ2v) is 4.31. The van der Waals surface area contributed by atoms with E-state index in [2.05, 4.69) is 31.0 Å². The molecule has 2 amide bonds. The smallest absolute Gasteiger partial charge is 0.314 e. The van der Waals surface area contributed by atoms with Crippen LogP contribution in [-0.2, 0) is 6.54 Å². The van der Waals surface area contributed by atoms with Crippen LogP contribution in [0.2, 0.25) is 0 Å². The van der Waals surface area contributed by atoms with E-state index in [9.17, 15) is 4.79 Å². The number of fused-ring (bicyclic) bond motifs is 1. The molecule has 3 aromatic rings. The van der Waals surface area contributed by atoms with Gasteiger partial charge in [-0.1, -0.05) is 5.16 Å². The Morgan fingerprint density at radius 3 is 3.00 bits per heavy atom. The summed E-state index contributed by atoms with van der Waals surface area (Å²) >= 11 is 0. The molecule has 0 spiro atoms. The van der Waals surface area contributed by atoms with Gasteiger partial charge in [-0.25, -0.2) is 4.79 Å². The maximum absolute atomic E-state index is 11.2. The van der Waals surface area contributed by atoms with Gasteiger partial charge in [0, 0.05) is 13.2 Å². The van der Waals surface area contributed by atoms with E-state index in [0.717, 1.165) is 0 Å². The van der Waals surface area contributed by atoms with Crippen molar-refractivity contribution in [3.63, 3.8) is 0 Å². The van der Waals surface area contributed by atoms with Gasteiger partial charge in [0.05, 0.1) is 12.1 Å². The zero-order chi connectivity index (χ0) is 14.8. The molecule has 0 bridgehead atoms. The number of carbonyl (C=O) groups excluding carboxylic acids is 1. The molecule has 0 atom stereocenters. The van der Waals surface area contributed by atoms with Crippen molar-refractivity contribution in [1.82, 2.24) is 35.4 Å². The van der Waals surface area contributed by atoms with E-state index in [1.807, 2.05) is 18.3 Å². The standard InChI is InChI=1S/C12H13N7O2/c1-7-15-11(21-18-7)8-4-3-5-19-9(16-17-10(8)19)6-14-12(20)13-2/h3-5H,6H2,1-2H3,(H2,13,14,20). The highest BCUT2D eigenvalue weighted by atomic mass is 16.5. The van der Waals surface area contributed by atoms with Crippen molar-refractivity contribution in [3.05, 3.63) is 30.0 Å². The lowest BCUT2D eigenvalue weighted by Crippen LogP contribution is -2.32. The Kier molecular flexibility index (Phi) is 3.22. The van der Waals surface area contributed by atoms with Gasteiger partial charge in [-0.15, -0.1) is 10.2 Å². The predicted octanol–water partition coefficient (Wildman–Crippen LogP) is 0.517. The van der Waals surface area contributed by atoms with Crippen LogP contribution in [0.4, 0.5) is 4.79 Å². The number of nitrogens with one attached hydrogen (secondary N) is 2. The molecule has 21 heavy (non-hydrogen) atoms. The number of urea groups is 1. The number of pyridine rings is 1. The van der Waals surface area contributed by atoms with Crippen LogP contribution in [0.5, 0.6) is 0 Å². The molecular weight excluding hydrogens is 274 g/mol. The molecule has 0 fully saturated rings. The van der Waals surface area contributed by atoms with Gasteiger partial charge in [0.2, 0.25) is 0 Å². The largest absolute Gasteiger partial charge is 0.341 e. The van der Waals surface area contributed by atoms with Crippen LogP contribution in [0.25, 0.3) is 17.1 Å². The summed E-state index contributed by atoms with van der Waals surface area (Å²) in [6.45, 7) is 2.00. The van der Waals surface area contributed by atoms with Crippen LogP contribution >= 0.6 is 0 Å². The molecule has 0 saturated carbocycles. The van der Waals surface area contributed by atoms with Gasteiger partial charge in [-0.3, -0.25) is 4.40 Å². The third-order valence-corrected chi connectivity index (χ3v) is 2.90. The number of carbonyl (C=O) groups is 1. The minimum absolute atomic E-state index is 0.257. The summed E-state index contributed by atoms with van der Waals surface area (Å²) in [5, 5.41) is 17.1. The molecular formula is C12H13N7O2. The minimum atomic E-state index is -0.282. The highest BCUT2D eigenvalue weighted by Crippen LogP contribution is 2.21. The van der Waals surface area contributed by atoms with E-state index in [1.54, 1.807) is 18.4 Å². The second-order valence-electron chi connectivity index (χ2n) is 4.31. The van der Waals surface area contributed by atoms with Crippen LogP contribution in [0.1, 0.15) is 11.6 Å². The summed E-state index contributed by atoms with van der Waals surface area (Å²) in [7, 11) is 1.55. The van der Waals surface area contributed by atoms with Crippen molar-refractivity contribution in [3.8, 4) is 11.5 Å². The van der Waals surface area contributed by atoms with Crippen molar-refractivity contribution < 1.29 is 9.32 Å². The fourth-order valence-corrected chi connectivity index (χ4v) is 1.91. The molecule has 3 rings (SSSR count). The predicted molar refractivity (Wildman–Crippen MR) is 72.3 cm³/mol. The van der Waals surface area contributed by atoms with Gasteiger partial charge in [0.1, 0.15) is 0 Å². The number of amides is 2. The van der Waals surface area contributed by atoms with Gasteiger partial charge in [0.25, 0.3) is 5.89 Å². The lowest BCUT2D eigenvalue weighted by molar-refractivity contribution is 0.242. The molecule has 3 aromatic heterocycles. The summed E-state index contributed by atoms with van der Waals surface area (Å²) in [6.07, 6.45) is 1.81. The number of hydrogen-bond acceptors (Lipinski definition) is 6. The molecule has 9 nitrogen and oxygen atoms in total. The Bertz CT molecular complexity index is 792. The van der Waals surface area contributed by atoms with Crippen molar-refractivity contribution in [2.75, 3.05) is 7.05 Å². The van der Waals surface area contributed by atoms with Crippen LogP contribution < -0.4 is 10.6 Å². The zero-order valence-corrected chi connectivity index (χ0v) is 11.5. The molecule has 108 valence electrons. The molecule has 2 N–H and O–H groups in total. The Balaban J connectivity index is 1.98. The number of rotatable bonds is 3. The molecule has 0 radical (unpaired) electrons. The van der Waals surface area contributed by atoms with Crippen molar-refractivity contribution in [1.29, 1.82) is 0 Å². The van der Waals surface area contributed by atoms with Crippen LogP contribution in [-0.4, -0.2) is 37.8 Å². The van der Waals surface area contributed by atoms with Crippen molar-refractivity contribution in [2.45, 2.75) is 13.5 Å². The van der Waals surface area contributed by atoms with Gasteiger partial charge in [-0.05, 0) is 19.1 Å². The Hall–Kier alpha value is -2.97.